The zero-order chi connectivity index (χ0) is 20.2. The van der Waals surface area contributed by atoms with E-state index in [-0.39, 0.29) is 5.57 Å². The molecule has 28 heavy (non-hydrogen) atoms. The lowest BCUT2D eigenvalue weighted by molar-refractivity contribution is -0.112. The van der Waals surface area contributed by atoms with Crippen molar-refractivity contribution in [3.8, 4) is 6.07 Å². The van der Waals surface area contributed by atoms with Crippen molar-refractivity contribution >= 4 is 28.9 Å². The molecule has 1 aliphatic carbocycles. The summed E-state index contributed by atoms with van der Waals surface area (Å²) >= 11 is 5.98. The van der Waals surface area contributed by atoms with E-state index in [1.165, 1.54) is 57.8 Å². The van der Waals surface area contributed by atoms with Gasteiger partial charge >= 0.3 is 0 Å². The molecule has 2 rings (SSSR count). The Hall–Kier alpha value is -2.19. The van der Waals surface area contributed by atoms with Gasteiger partial charge in [0.25, 0.3) is 5.91 Å². The Balaban J connectivity index is 1.93. The number of carbonyl (C=O) groups is 1. The Morgan fingerprint density at radius 2 is 1.64 bits per heavy atom. The SMILES string of the molecule is N#C/C(=C/NC1CCCCCCCCCCC1)C(=O)Nc1ccc(N)c(Cl)c1. The van der Waals surface area contributed by atoms with Crippen molar-refractivity contribution in [1.82, 2.24) is 5.32 Å². The number of benzene rings is 1. The highest BCUT2D eigenvalue weighted by molar-refractivity contribution is 6.33. The second kappa shape index (κ2) is 12.3. The minimum Gasteiger partial charge on any atom is -0.398 e. The maximum atomic E-state index is 12.4. The number of nitrogen functional groups attached to an aromatic ring is 1. The van der Waals surface area contributed by atoms with E-state index in [1.54, 1.807) is 24.4 Å². The predicted molar refractivity (Wildman–Crippen MR) is 116 cm³/mol. The third-order valence-corrected chi connectivity index (χ3v) is 5.52. The van der Waals surface area contributed by atoms with Gasteiger partial charge in [-0.2, -0.15) is 5.26 Å². The van der Waals surface area contributed by atoms with Crippen molar-refractivity contribution in [2.45, 2.75) is 76.7 Å². The van der Waals surface area contributed by atoms with E-state index in [1.807, 2.05) is 6.07 Å². The van der Waals surface area contributed by atoms with Crippen LogP contribution in [0.25, 0.3) is 0 Å². The highest BCUT2D eigenvalue weighted by Gasteiger charge is 2.13. The molecule has 0 atom stereocenters. The first kappa shape index (κ1) is 22.1. The minimum absolute atomic E-state index is 0.0547. The fourth-order valence-electron chi connectivity index (χ4n) is 3.48. The monoisotopic (exact) mass is 402 g/mol. The zero-order valence-corrected chi connectivity index (χ0v) is 17.2. The van der Waals surface area contributed by atoms with Crippen LogP contribution >= 0.6 is 11.6 Å². The van der Waals surface area contributed by atoms with Crippen molar-refractivity contribution in [2.24, 2.45) is 0 Å². The molecule has 5 nitrogen and oxygen atoms in total. The molecule has 0 radical (unpaired) electrons. The number of carbonyl (C=O) groups excluding carboxylic acids is 1. The third-order valence-electron chi connectivity index (χ3n) is 5.19. The largest absolute Gasteiger partial charge is 0.398 e. The van der Waals surface area contributed by atoms with Gasteiger partial charge in [-0.25, -0.2) is 0 Å². The fourth-order valence-corrected chi connectivity index (χ4v) is 3.66. The lowest BCUT2D eigenvalue weighted by atomic mass is 9.98. The summed E-state index contributed by atoms with van der Waals surface area (Å²) in [5, 5.41) is 15.8. The van der Waals surface area contributed by atoms with Crippen LogP contribution in [0.1, 0.15) is 70.6 Å². The number of nitriles is 1. The molecule has 0 aliphatic heterocycles. The van der Waals surface area contributed by atoms with Gasteiger partial charge in [0.15, 0.2) is 0 Å². The topological polar surface area (TPSA) is 90.9 Å². The van der Waals surface area contributed by atoms with E-state index >= 15 is 0 Å². The highest BCUT2D eigenvalue weighted by Crippen LogP contribution is 2.23. The molecule has 0 heterocycles. The van der Waals surface area contributed by atoms with Gasteiger partial charge in [0.1, 0.15) is 11.6 Å². The number of nitrogens with one attached hydrogen (secondary N) is 2. The Labute approximate surface area is 173 Å². The van der Waals surface area contributed by atoms with Crippen molar-refractivity contribution in [1.29, 1.82) is 5.26 Å². The van der Waals surface area contributed by atoms with Gasteiger partial charge in [0.2, 0.25) is 0 Å². The molecule has 1 aromatic carbocycles. The Morgan fingerprint density at radius 1 is 1.07 bits per heavy atom. The number of hydrogen-bond acceptors (Lipinski definition) is 4. The number of nitrogens with two attached hydrogens (primary N) is 1. The summed E-state index contributed by atoms with van der Waals surface area (Å²) in [5.74, 6) is -0.455. The predicted octanol–water partition coefficient (Wildman–Crippen LogP) is 5.53. The standard InChI is InChI=1S/C22H31ClN4O/c23-20-14-19(12-13-21(20)25)27-22(28)17(15-24)16-26-18-10-8-6-4-2-1-3-5-7-9-11-18/h12-14,16,18,26H,1-11,25H2,(H,27,28)/b17-16-. The molecule has 1 aliphatic rings. The summed E-state index contributed by atoms with van der Waals surface area (Å²) < 4.78 is 0. The average molecular weight is 403 g/mol. The molecule has 1 aromatic rings. The van der Waals surface area contributed by atoms with Gasteiger partial charge in [0, 0.05) is 17.9 Å². The van der Waals surface area contributed by atoms with E-state index in [9.17, 15) is 10.1 Å². The first-order valence-corrected chi connectivity index (χ1v) is 10.7. The zero-order valence-electron chi connectivity index (χ0n) is 16.5. The van der Waals surface area contributed by atoms with Gasteiger partial charge in [-0.1, -0.05) is 69.4 Å². The Bertz CT molecular complexity index is 699. The van der Waals surface area contributed by atoms with E-state index in [0.29, 0.717) is 22.4 Å². The van der Waals surface area contributed by atoms with Crippen molar-refractivity contribution in [3.05, 3.63) is 35.0 Å². The van der Waals surface area contributed by atoms with Crippen LogP contribution in [0.3, 0.4) is 0 Å². The van der Waals surface area contributed by atoms with Crippen LogP contribution in [0, 0.1) is 11.3 Å². The average Bonchev–Trinajstić information content (AvgIpc) is 2.67. The quantitative estimate of drug-likeness (QED) is 0.350. The Morgan fingerprint density at radius 3 is 2.18 bits per heavy atom. The number of nitrogens with zero attached hydrogens (tertiary/aromatic N) is 1. The van der Waals surface area contributed by atoms with Crippen LogP contribution in [0.2, 0.25) is 5.02 Å². The summed E-state index contributed by atoms with van der Waals surface area (Å²) in [6.07, 6.45) is 15.2. The van der Waals surface area contributed by atoms with Crippen molar-refractivity contribution < 1.29 is 4.79 Å². The normalized spacial score (nSPS) is 17.6. The number of halogens is 1. The number of hydrogen-bond donors (Lipinski definition) is 3. The van der Waals surface area contributed by atoms with E-state index < -0.39 is 5.91 Å². The number of rotatable bonds is 4. The lowest BCUT2D eigenvalue weighted by Gasteiger charge is -2.18. The van der Waals surface area contributed by atoms with Gasteiger partial charge in [-0.15, -0.1) is 0 Å². The molecule has 6 heteroatoms. The Kier molecular flexibility index (Phi) is 9.71. The van der Waals surface area contributed by atoms with Crippen LogP contribution in [0.4, 0.5) is 11.4 Å². The van der Waals surface area contributed by atoms with Crippen LogP contribution < -0.4 is 16.4 Å². The molecular formula is C22H31ClN4O. The van der Waals surface area contributed by atoms with E-state index in [2.05, 4.69) is 10.6 Å². The summed E-state index contributed by atoms with van der Waals surface area (Å²) in [6, 6.07) is 7.15. The summed E-state index contributed by atoms with van der Waals surface area (Å²) in [4.78, 5) is 12.4. The summed E-state index contributed by atoms with van der Waals surface area (Å²) in [7, 11) is 0. The maximum Gasteiger partial charge on any atom is 0.267 e. The minimum atomic E-state index is -0.455. The third kappa shape index (κ3) is 7.82. The first-order valence-electron chi connectivity index (χ1n) is 10.3. The first-order chi connectivity index (χ1) is 13.6. The smallest absolute Gasteiger partial charge is 0.267 e. The molecule has 0 bridgehead atoms. The van der Waals surface area contributed by atoms with Gasteiger partial charge in [0.05, 0.1) is 10.7 Å². The van der Waals surface area contributed by atoms with Crippen LogP contribution in [0.5, 0.6) is 0 Å². The molecule has 1 amide bonds. The fraction of sp³-hybridized carbons (Fsp3) is 0.545. The van der Waals surface area contributed by atoms with Gasteiger partial charge in [-0.05, 0) is 31.0 Å². The number of anilines is 2. The highest BCUT2D eigenvalue weighted by atomic mass is 35.5. The van der Waals surface area contributed by atoms with E-state index in [0.717, 1.165) is 12.8 Å². The molecule has 1 saturated carbocycles. The molecule has 0 spiro atoms. The molecule has 0 aromatic heterocycles. The molecule has 0 saturated heterocycles. The van der Waals surface area contributed by atoms with Gasteiger partial charge < -0.3 is 16.4 Å². The van der Waals surface area contributed by atoms with Crippen molar-refractivity contribution in [2.75, 3.05) is 11.1 Å². The van der Waals surface area contributed by atoms with Crippen molar-refractivity contribution in [3.63, 3.8) is 0 Å². The van der Waals surface area contributed by atoms with Crippen LogP contribution in [-0.4, -0.2) is 11.9 Å². The van der Waals surface area contributed by atoms with E-state index in [4.69, 9.17) is 17.3 Å². The number of amides is 1. The molecule has 0 unspecified atom stereocenters. The van der Waals surface area contributed by atoms with Crippen LogP contribution in [-0.2, 0) is 4.79 Å². The summed E-state index contributed by atoms with van der Waals surface area (Å²) in [6.45, 7) is 0. The molecular weight excluding hydrogens is 372 g/mol. The van der Waals surface area contributed by atoms with Crippen LogP contribution in [0.15, 0.2) is 30.0 Å². The molecule has 152 valence electrons. The molecule has 4 N–H and O–H groups in total. The summed E-state index contributed by atoms with van der Waals surface area (Å²) in [5.41, 5.74) is 6.69. The molecule has 1 fully saturated rings. The van der Waals surface area contributed by atoms with Gasteiger partial charge in [-0.3, -0.25) is 4.79 Å². The maximum absolute atomic E-state index is 12.4. The second-order valence-electron chi connectivity index (χ2n) is 7.48. The second-order valence-corrected chi connectivity index (χ2v) is 7.89. The lowest BCUT2D eigenvalue weighted by Crippen LogP contribution is -2.26.